The topological polar surface area (TPSA) is 63.6 Å². The highest BCUT2D eigenvalue weighted by atomic mass is 79.9. The summed E-state index contributed by atoms with van der Waals surface area (Å²) in [7, 11) is 5.47. The Morgan fingerprint density at radius 2 is 1.81 bits per heavy atom. The van der Waals surface area contributed by atoms with Gasteiger partial charge in [0.2, 0.25) is 0 Å². The zero-order chi connectivity index (χ0) is 26.8. The Bertz CT molecular complexity index is 1170. The molecule has 0 fully saturated rings. The fourth-order valence-electron chi connectivity index (χ4n) is 4.37. The minimum Gasteiger partial charge on any atom is -0.494 e. The van der Waals surface area contributed by atoms with Crippen molar-refractivity contribution in [1.82, 2.24) is 4.90 Å². The number of rotatable bonds is 9. The van der Waals surface area contributed by atoms with Gasteiger partial charge in [-0.05, 0) is 43.0 Å². The van der Waals surface area contributed by atoms with Crippen molar-refractivity contribution < 1.29 is 23.4 Å². The van der Waals surface area contributed by atoms with Crippen molar-refractivity contribution in [2.24, 2.45) is 4.02 Å². The molecule has 0 atom stereocenters. The molecule has 0 aliphatic carbocycles. The van der Waals surface area contributed by atoms with Gasteiger partial charge in [-0.25, -0.2) is 4.39 Å². The number of benzene rings is 2. The molecule has 0 bridgehead atoms. The van der Waals surface area contributed by atoms with E-state index in [0.29, 0.717) is 48.0 Å². The van der Waals surface area contributed by atoms with E-state index in [1.54, 1.807) is 25.0 Å². The van der Waals surface area contributed by atoms with Crippen molar-refractivity contribution in [2.75, 3.05) is 45.9 Å². The zero-order valence-corrected chi connectivity index (χ0v) is 23.9. The molecule has 1 aliphatic rings. The lowest BCUT2D eigenvalue weighted by Crippen LogP contribution is -2.31. The van der Waals surface area contributed by atoms with Crippen LogP contribution < -0.4 is 19.1 Å². The third-order valence-electron chi connectivity index (χ3n) is 6.04. The van der Waals surface area contributed by atoms with Crippen LogP contribution >= 0.6 is 16.1 Å². The first-order valence-electron chi connectivity index (χ1n) is 12.0. The molecule has 0 spiro atoms. The van der Waals surface area contributed by atoms with Gasteiger partial charge >= 0.3 is 0 Å². The molecular weight excluding hydrogens is 529 g/mol. The standard InChI is InChI=1S/C27H35BrFN3O4/c1-9-35-21-13-17-14-32(26(30-28)22(17)23(29)25(21)36-10-2)15-20(33)16-11-18(27(3,4)5)24(34-8)19(12-16)31(6)7/h11-13H,9-10,14-15H2,1-8H3/b30-26-. The number of halogens is 2. The summed E-state index contributed by atoms with van der Waals surface area (Å²) in [5.74, 6) is 0.842. The number of ether oxygens (including phenoxy) is 3. The summed E-state index contributed by atoms with van der Waals surface area (Å²) in [5, 5.41) is 0. The number of anilines is 1. The van der Waals surface area contributed by atoms with Crippen LogP contribution in [0.15, 0.2) is 22.2 Å². The van der Waals surface area contributed by atoms with Gasteiger partial charge in [-0.1, -0.05) is 20.8 Å². The SMILES string of the molecule is CCOc1cc2c(c(F)c1OCC)/C(=N/Br)N(CC(=O)c1cc(N(C)C)c(OC)c(C(C)(C)C)c1)C2. The second-order valence-corrected chi connectivity index (χ2v) is 10.2. The number of methoxy groups -OCH3 is 1. The van der Waals surface area contributed by atoms with Crippen LogP contribution in [-0.4, -0.2) is 57.5 Å². The number of fused-ring (bicyclic) bond motifs is 1. The average molecular weight is 564 g/mol. The Labute approximate surface area is 221 Å². The van der Waals surface area contributed by atoms with Gasteiger partial charge in [-0.15, -0.1) is 0 Å². The highest BCUT2D eigenvalue weighted by Crippen LogP contribution is 2.41. The van der Waals surface area contributed by atoms with Gasteiger partial charge in [-0.3, -0.25) is 4.79 Å². The van der Waals surface area contributed by atoms with Crippen molar-refractivity contribution in [3.63, 3.8) is 0 Å². The molecular formula is C27H35BrFN3O4. The van der Waals surface area contributed by atoms with E-state index in [-0.39, 0.29) is 23.5 Å². The lowest BCUT2D eigenvalue weighted by atomic mass is 9.84. The lowest BCUT2D eigenvalue weighted by molar-refractivity contribution is 0.0963. The molecule has 36 heavy (non-hydrogen) atoms. The Kier molecular flexibility index (Phi) is 8.54. The molecule has 9 heteroatoms. The summed E-state index contributed by atoms with van der Waals surface area (Å²) >= 11 is 3.14. The zero-order valence-electron chi connectivity index (χ0n) is 22.3. The van der Waals surface area contributed by atoms with E-state index in [1.165, 1.54) is 0 Å². The summed E-state index contributed by atoms with van der Waals surface area (Å²) in [6, 6.07) is 5.50. The summed E-state index contributed by atoms with van der Waals surface area (Å²) in [5.41, 5.74) is 3.07. The molecule has 3 rings (SSSR count). The number of ketones is 1. The quantitative estimate of drug-likeness (QED) is 0.362. The molecule has 0 unspecified atom stereocenters. The summed E-state index contributed by atoms with van der Waals surface area (Å²) in [6.45, 7) is 10.9. The number of hydrogen-bond acceptors (Lipinski definition) is 6. The largest absolute Gasteiger partial charge is 0.494 e. The molecule has 0 radical (unpaired) electrons. The Morgan fingerprint density at radius 1 is 1.14 bits per heavy atom. The van der Waals surface area contributed by atoms with Crippen LogP contribution in [0, 0.1) is 5.82 Å². The van der Waals surface area contributed by atoms with Crippen molar-refractivity contribution in [1.29, 1.82) is 0 Å². The maximum atomic E-state index is 15.6. The van der Waals surface area contributed by atoms with Crippen LogP contribution in [0.5, 0.6) is 17.2 Å². The van der Waals surface area contributed by atoms with E-state index >= 15 is 4.39 Å². The minimum atomic E-state index is -0.541. The average Bonchev–Trinajstić information content (AvgIpc) is 3.16. The van der Waals surface area contributed by atoms with E-state index in [0.717, 1.165) is 17.0 Å². The first-order chi connectivity index (χ1) is 17.0. The Balaban J connectivity index is 2.01. The van der Waals surface area contributed by atoms with Gasteiger partial charge in [0.1, 0.15) is 11.6 Å². The predicted octanol–water partition coefficient (Wildman–Crippen LogP) is 5.75. The number of Topliss-reactive ketones (excluding diaryl/α,β-unsaturated/α-hetero) is 1. The predicted molar refractivity (Wildman–Crippen MR) is 145 cm³/mol. The number of carbonyl (C=O) groups is 1. The number of carbonyl (C=O) groups excluding carboxylic acids is 1. The third kappa shape index (κ3) is 5.31. The molecule has 2 aromatic carbocycles. The fraction of sp³-hybridized carbons (Fsp3) is 0.481. The molecule has 1 aliphatic heterocycles. The second-order valence-electron chi connectivity index (χ2n) is 9.83. The van der Waals surface area contributed by atoms with Gasteiger partial charge in [0.05, 0.1) is 54.3 Å². The van der Waals surface area contributed by atoms with Gasteiger partial charge in [0.15, 0.2) is 23.1 Å². The second kappa shape index (κ2) is 11.1. The number of nitrogens with zero attached hydrogens (tertiary/aromatic N) is 3. The molecule has 196 valence electrons. The summed E-state index contributed by atoms with van der Waals surface area (Å²) < 4.78 is 36.7. The maximum Gasteiger partial charge on any atom is 0.197 e. The number of hydrogen-bond donors (Lipinski definition) is 0. The van der Waals surface area contributed by atoms with Crippen molar-refractivity contribution in [3.8, 4) is 17.2 Å². The maximum absolute atomic E-state index is 15.6. The van der Waals surface area contributed by atoms with Crippen molar-refractivity contribution in [3.05, 3.63) is 46.3 Å². The summed E-state index contributed by atoms with van der Waals surface area (Å²) in [4.78, 5) is 17.3. The smallest absolute Gasteiger partial charge is 0.197 e. The first kappa shape index (κ1) is 27.8. The molecule has 0 aromatic heterocycles. The fourth-order valence-corrected chi connectivity index (χ4v) is 4.78. The molecule has 0 amide bonds. The van der Waals surface area contributed by atoms with Gasteiger partial charge in [-0.2, -0.15) is 4.02 Å². The monoisotopic (exact) mass is 563 g/mol. The van der Waals surface area contributed by atoms with E-state index in [4.69, 9.17) is 14.2 Å². The van der Waals surface area contributed by atoms with Crippen LogP contribution in [0.2, 0.25) is 0 Å². The Hall–Kier alpha value is -2.81. The molecule has 0 saturated carbocycles. The van der Waals surface area contributed by atoms with Gasteiger partial charge < -0.3 is 24.0 Å². The van der Waals surface area contributed by atoms with Crippen LogP contribution in [0.1, 0.15) is 61.7 Å². The Morgan fingerprint density at radius 3 is 2.33 bits per heavy atom. The molecule has 1 heterocycles. The highest BCUT2D eigenvalue weighted by molar-refractivity contribution is 9.08. The third-order valence-corrected chi connectivity index (χ3v) is 6.38. The highest BCUT2D eigenvalue weighted by Gasteiger charge is 2.34. The van der Waals surface area contributed by atoms with E-state index in [2.05, 4.69) is 40.9 Å². The molecule has 2 aromatic rings. The molecule has 7 nitrogen and oxygen atoms in total. The number of amidine groups is 1. The van der Waals surface area contributed by atoms with Crippen LogP contribution in [-0.2, 0) is 12.0 Å². The summed E-state index contributed by atoms with van der Waals surface area (Å²) in [6.07, 6.45) is 0. The first-order valence-corrected chi connectivity index (χ1v) is 12.7. The van der Waals surface area contributed by atoms with E-state index in [9.17, 15) is 4.79 Å². The van der Waals surface area contributed by atoms with E-state index in [1.807, 2.05) is 38.1 Å². The van der Waals surface area contributed by atoms with Gasteiger partial charge in [0, 0.05) is 31.8 Å². The normalized spacial score (nSPS) is 14.2. The minimum absolute atomic E-state index is 0.0231. The van der Waals surface area contributed by atoms with E-state index < -0.39 is 5.82 Å². The molecule has 0 N–H and O–H groups in total. The van der Waals surface area contributed by atoms with Gasteiger partial charge in [0.25, 0.3) is 0 Å². The van der Waals surface area contributed by atoms with Crippen LogP contribution in [0.3, 0.4) is 0 Å². The van der Waals surface area contributed by atoms with Crippen LogP contribution in [0.25, 0.3) is 0 Å². The lowest BCUT2D eigenvalue weighted by Gasteiger charge is -2.27. The van der Waals surface area contributed by atoms with Crippen molar-refractivity contribution >= 4 is 33.5 Å². The van der Waals surface area contributed by atoms with Crippen LogP contribution in [0.4, 0.5) is 10.1 Å². The molecule has 0 saturated heterocycles. The van der Waals surface area contributed by atoms with Crippen molar-refractivity contribution in [2.45, 2.75) is 46.6 Å².